The van der Waals surface area contributed by atoms with Gasteiger partial charge < -0.3 is 9.52 Å². The topological polar surface area (TPSA) is 93.5 Å². The van der Waals surface area contributed by atoms with Gasteiger partial charge in [-0.15, -0.1) is 5.10 Å². The van der Waals surface area contributed by atoms with Gasteiger partial charge in [-0.2, -0.15) is 4.98 Å². The van der Waals surface area contributed by atoms with Crippen molar-refractivity contribution >= 4 is 28.5 Å². The Morgan fingerprint density at radius 3 is 2.68 bits per heavy atom. The average molecular weight is 396 g/mol. The van der Waals surface area contributed by atoms with E-state index in [2.05, 4.69) is 15.1 Å². The molecule has 0 aliphatic heterocycles. The van der Waals surface area contributed by atoms with Gasteiger partial charge in [-0.1, -0.05) is 18.7 Å². The maximum Gasteiger partial charge on any atom is 0.336 e. The number of phenols is 1. The Kier molecular flexibility index (Phi) is 4.58. The third kappa shape index (κ3) is 3.13. The van der Waals surface area contributed by atoms with Crippen LogP contribution in [0.3, 0.4) is 0 Å². The van der Waals surface area contributed by atoms with Crippen LogP contribution in [-0.4, -0.2) is 24.7 Å². The number of nitrogens with zero attached hydrogens (tertiary/aromatic N) is 4. The third-order valence-electron chi connectivity index (χ3n) is 5.01. The van der Waals surface area contributed by atoms with E-state index in [0.29, 0.717) is 28.7 Å². The van der Waals surface area contributed by atoms with Crippen LogP contribution in [0.2, 0.25) is 0 Å². The maximum absolute atomic E-state index is 11.9. The molecular weight excluding hydrogens is 376 g/mol. The molecule has 144 valence electrons. The zero-order valence-corrected chi connectivity index (χ0v) is 16.9. The molecule has 7 nitrogen and oxygen atoms in total. The van der Waals surface area contributed by atoms with Gasteiger partial charge in [0, 0.05) is 34.7 Å². The van der Waals surface area contributed by atoms with Crippen LogP contribution in [0.1, 0.15) is 35.0 Å². The SMILES string of the molecule is CCc1cc2c(CSc3nc4nc(C)c(C)c(C)n4n3)cc(=O)oc2cc1O. The van der Waals surface area contributed by atoms with Crippen LogP contribution in [0.5, 0.6) is 5.75 Å². The molecule has 0 aliphatic carbocycles. The van der Waals surface area contributed by atoms with E-state index in [9.17, 15) is 9.90 Å². The fourth-order valence-electron chi connectivity index (χ4n) is 3.15. The zero-order chi connectivity index (χ0) is 20.0. The minimum atomic E-state index is -0.446. The highest BCUT2D eigenvalue weighted by molar-refractivity contribution is 7.98. The Balaban J connectivity index is 1.72. The van der Waals surface area contributed by atoms with Crippen molar-refractivity contribution in [2.75, 3.05) is 0 Å². The number of aromatic nitrogens is 4. The van der Waals surface area contributed by atoms with E-state index in [1.165, 1.54) is 23.9 Å². The Labute approximate surface area is 165 Å². The van der Waals surface area contributed by atoms with Crippen molar-refractivity contribution in [3.63, 3.8) is 0 Å². The number of aryl methyl sites for hydroxylation is 3. The lowest BCUT2D eigenvalue weighted by Gasteiger charge is -2.07. The highest BCUT2D eigenvalue weighted by Gasteiger charge is 2.14. The molecule has 8 heteroatoms. The fraction of sp³-hybridized carbons (Fsp3) is 0.300. The van der Waals surface area contributed by atoms with Crippen LogP contribution in [-0.2, 0) is 12.2 Å². The molecule has 3 heterocycles. The van der Waals surface area contributed by atoms with Gasteiger partial charge in [0.25, 0.3) is 5.78 Å². The lowest BCUT2D eigenvalue weighted by Crippen LogP contribution is -2.02. The molecule has 4 rings (SSSR count). The summed E-state index contributed by atoms with van der Waals surface area (Å²) >= 11 is 1.43. The number of thioether (sulfide) groups is 1. The summed E-state index contributed by atoms with van der Waals surface area (Å²) < 4.78 is 7.00. The van der Waals surface area contributed by atoms with Crippen molar-refractivity contribution in [1.29, 1.82) is 0 Å². The Hall–Kier alpha value is -2.87. The van der Waals surface area contributed by atoms with Crippen molar-refractivity contribution in [2.45, 2.75) is 45.0 Å². The van der Waals surface area contributed by atoms with Crippen molar-refractivity contribution < 1.29 is 9.52 Å². The van der Waals surface area contributed by atoms with E-state index in [-0.39, 0.29) is 5.75 Å². The van der Waals surface area contributed by atoms with Gasteiger partial charge in [0.1, 0.15) is 11.3 Å². The predicted molar refractivity (Wildman–Crippen MR) is 108 cm³/mol. The van der Waals surface area contributed by atoms with Gasteiger partial charge in [0.2, 0.25) is 5.16 Å². The van der Waals surface area contributed by atoms with Gasteiger partial charge in [0.15, 0.2) is 0 Å². The normalized spacial score (nSPS) is 11.6. The molecule has 0 atom stereocenters. The molecule has 0 saturated carbocycles. The van der Waals surface area contributed by atoms with Crippen LogP contribution in [0.25, 0.3) is 16.7 Å². The molecule has 0 radical (unpaired) electrons. The number of rotatable bonds is 4. The third-order valence-corrected chi connectivity index (χ3v) is 5.90. The molecule has 4 aromatic rings. The van der Waals surface area contributed by atoms with Gasteiger partial charge >= 0.3 is 5.63 Å². The second kappa shape index (κ2) is 6.94. The lowest BCUT2D eigenvalue weighted by atomic mass is 10.1. The monoisotopic (exact) mass is 396 g/mol. The summed E-state index contributed by atoms with van der Waals surface area (Å²) in [5.74, 6) is 1.21. The minimum absolute atomic E-state index is 0.136. The number of fused-ring (bicyclic) bond motifs is 2. The van der Waals surface area contributed by atoms with Crippen LogP contribution >= 0.6 is 11.8 Å². The van der Waals surface area contributed by atoms with Gasteiger partial charge in [-0.3, -0.25) is 0 Å². The van der Waals surface area contributed by atoms with Crippen molar-refractivity contribution in [1.82, 2.24) is 19.6 Å². The summed E-state index contributed by atoms with van der Waals surface area (Å²) in [6.07, 6.45) is 0.686. The predicted octanol–water partition coefficient (Wildman–Crippen LogP) is 3.72. The molecule has 0 fully saturated rings. The van der Waals surface area contributed by atoms with Crippen LogP contribution in [0, 0.1) is 20.8 Å². The summed E-state index contributed by atoms with van der Waals surface area (Å²) in [5.41, 5.74) is 4.60. The number of aromatic hydroxyl groups is 1. The smallest absolute Gasteiger partial charge is 0.336 e. The number of phenolic OH excluding ortho intramolecular Hbond substituents is 1. The van der Waals surface area contributed by atoms with E-state index >= 15 is 0 Å². The first kappa shape index (κ1) is 18.5. The lowest BCUT2D eigenvalue weighted by molar-refractivity contribution is 0.466. The van der Waals surface area contributed by atoms with Crippen LogP contribution < -0.4 is 5.63 Å². The van der Waals surface area contributed by atoms with Crippen LogP contribution in [0.15, 0.2) is 32.6 Å². The highest BCUT2D eigenvalue weighted by atomic mass is 32.2. The van der Waals surface area contributed by atoms with E-state index in [4.69, 9.17) is 4.42 Å². The van der Waals surface area contributed by atoms with Crippen molar-refractivity contribution in [2.24, 2.45) is 0 Å². The summed E-state index contributed by atoms with van der Waals surface area (Å²) in [4.78, 5) is 20.9. The van der Waals surface area contributed by atoms with Gasteiger partial charge in [-0.25, -0.2) is 14.3 Å². The molecule has 0 saturated heterocycles. The summed E-state index contributed by atoms with van der Waals surface area (Å²) in [7, 11) is 0. The van der Waals surface area contributed by atoms with E-state index in [1.807, 2.05) is 33.8 Å². The first-order valence-electron chi connectivity index (χ1n) is 8.99. The molecule has 3 aromatic heterocycles. The second-order valence-electron chi connectivity index (χ2n) is 6.72. The summed E-state index contributed by atoms with van der Waals surface area (Å²) in [6.45, 7) is 7.94. The maximum atomic E-state index is 11.9. The number of hydrogen-bond acceptors (Lipinski definition) is 7. The second-order valence-corrected chi connectivity index (χ2v) is 7.67. The molecule has 0 spiro atoms. The van der Waals surface area contributed by atoms with E-state index in [0.717, 1.165) is 33.5 Å². The Morgan fingerprint density at radius 1 is 1.14 bits per heavy atom. The summed E-state index contributed by atoms with van der Waals surface area (Å²) in [5, 5.41) is 16.0. The van der Waals surface area contributed by atoms with Crippen molar-refractivity contribution in [3.8, 4) is 5.75 Å². The molecule has 0 bridgehead atoms. The zero-order valence-electron chi connectivity index (χ0n) is 16.1. The molecule has 0 unspecified atom stereocenters. The van der Waals surface area contributed by atoms with E-state index < -0.39 is 5.63 Å². The largest absolute Gasteiger partial charge is 0.508 e. The highest BCUT2D eigenvalue weighted by Crippen LogP contribution is 2.30. The molecule has 28 heavy (non-hydrogen) atoms. The number of hydrogen-bond donors (Lipinski definition) is 1. The molecular formula is C20H20N4O3S. The van der Waals surface area contributed by atoms with Crippen LogP contribution in [0.4, 0.5) is 0 Å². The van der Waals surface area contributed by atoms with E-state index in [1.54, 1.807) is 4.52 Å². The molecule has 0 aliphatic rings. The van der Waals surface area contributed by atoms with Crippen molar-refractivity contribution in [3.05, 3.63) is 56.7 Å². The summed E-state index contributed by atoms with van der Waals surface area (Å²) in [6, 6.07) is 4.87. The first-order valence-corrected chi connectivity index (χ1v) is 9.98. The van der Waals surface area contributed by atoms with Gasteiger partial charge in [-0.05, 0) is 49.9 Å². The standard InChI is InChI=1S/C20H20N4O3S/c1-5-13-6-15-14(7-18(26)27-17(15)8-16(13)25)9-28-20-22-19-21-11(3)10(2)12(4)24(19)23-20/h6-8,25H,5,9H2,1-4H3. The first-order chi connectivity index (χ1) is 13.4. The van der Waals surface area contributed by atoms with Gasteiger partial charge in [0.05, 0.1) is 0 Å². The molecule has 1 aromatic carbocycles. The quantitative estimate of drug-likeness (QED) is 0.415. The molecule has 1 N–H and O–H groups in total. The number of benzene rings is 1. The average Bonchev–Trinajstić information content (AvgIpc) is 3.06. The Bertz CT molecular complexity index is 1280. The fourth-order valence-corrected chi connectivity index (χ4v) is 3.96. The minimum Gasteiger partial charge on any atom is -0.508 e. The molecule has 0 amide bonds. The Morgan fingerprint density at radius 2 is 1.93 bits per heavy atom.